The number of ether oxygens (including phenoxy) is 2. The smallest absolute Gasteiger partial charge is 0.341 e. The molecule has 7 heteroatoms. The highest BCUT2D eigenvalue weighted by Crippen LogP contribution is 2.36. The summed E-state index contributed by atoms with van der Waals surface area (Å²) in [5.74, 6) is -0.379. The predicted octanol–water partition coefficient (Wildman–Crippen LogP) is 5.10. The van der Waals surface area contributed by atoms with Gasteiger partial charge in [0.1, 0.15) is 11.2 Å². The molecule has 0 amide bonds. The molecule has 0 radical (unpaired) electrons. The largest absolute Gasteiger partial charge is 0.462 e. The van der Waals surface area contributed by atoms with Gasteiger partial charge in [0.2, 0.25) is 0 Å². The summed E-state index contributed by atoms with van der Waals surface area (Å²) >= 11 is 1.45. The highest BCUT2D eigenvalue weighted by atomic mass is 32.1. The summed E-state index contributed by atoms with van der Waals surface area (Å²) in [7, 11) is 1.70. The topological polar surface area (TPSA) is 71.0 Å². The zero-order valence-corrected chi connectivity index (χ0v) is 20.3. The molecule has 0 aliphatic carbocycles. The quantitative estimate of drug-likeness (QED) is 0.251. The first-order valence-electron chi connectivity index (χ1n) is 11.1. The van der Waals surface area contributed by atoms with Crippen LogP contribution in [0, 0.1) is 0 Å². The summed E-state index contributed by atoms with van der Waals surface area (Å²) in [6, 6.07) is 11.7. The van der Waals surface area contributed by atoms with Gasteiger partial charge in [-0.15, -0.1) is 11.3 Å². The van der Waals surface area contributed by atoms with Crippen LogP contribution < -0.4 is 5.32 Å². The van der Waals surface area contributed by atoms with Gasteiger partial charge in [0, 0.05) is 38.1 Å². The van der Waals surface area contributed by atoms with Gasteiger partial charge < -0.3 is 24.8 Å². The van der Waals surface area contributed by atoms with E-state index in [1.54, 1.807) is 14.0 Å². The molecule has 6 nitrogen and oxygen atoms in total. The first-order chi connectivity index (χ1) is 15.1. The number of thiophene rings is 1. The van der Waals surface area contributed by atoms with E-state index in [2.05, 4.69) is 17.1 Å². The van der Waals surface area contributed by atoms with Gasteiger partial charge in [0.05, 0.1) is 12.2 Å². The molecule has 0 saturated heterocycles. The van der Waals surface area contributed by atoms with Gasteiger partial charge in [-0.25, -0.2) is 4.79 Å². The van der Waals surface area contributed by atoms with Crippen molar-refractivity contribution in [2.45, 2.75) is 46.8 Å². The second kappa shape index (κ2) is 15.8. The fourth-order valence-electron chi connectivity index (χ4n) is 2.99. The fraction of sp³-hybridized carbons (Fsp3) is 0.542. The van der Waals surface area contributed by atoms with Crippen LogP contribution >= 0.6 is 11.3 Å². The maximum Gasteiger partial charge on any atom is 0.341 e. The molecule has 0 fully saturated rings. The zero-order chi connectivity index (χ0) is 23.1. The Balaban J connectivity index is 0.00000233. The average Bonchev–Trinajstić information content (AvgIpc) is 3.22. The van der Waals surface area contributed by atoms with E-state index in [4.69, 9.17) is 9.47 Å². The number of aliphatic hydroxyl groups excluding tert-OH is 1. The fourth-order valence-corrected chi connectivity index (χ4v) is 4.09. The molecule has 1 heterocycles. The highest BCUT2D eigenvalue weighted by molar-refractivity contribution is 7.19. The van der Waals surface area contributed by atoms with Gasteiger partial charge in [-0.2, -0.15) is 0 Å². The molecule has 2 aromatic rings. The second-order valence-electron chi connectivity index (χ2n) is 6.67. The van der Waals surface area contributed by atoms with Crippen LogP contribution in [0.25, 0.3) is 10.4 Å². The standard InChI is InChI=1S/C22H32N2O4S.C2H6/c1-4-24(13-9-15-27-3)14-12-20(25)23-21-18(22(26)28-5-2)16-19(29-21)17-10-7-6-8-11-17;1-2/h6-8,10-11,16,20,23,25H,4-5,9,12-15H2,1-3H3;1-2H3. The maximum absolute atomic E-state index is 12.4. The van der Waals surface area contributed by atoms with E-state index < -0.39 is 6.23 Å². The number of benzene rings is 1. The molecule has 1 aromatic carbocycles. The molecule has 1 unspecified atom stereocenters. The van der Waals surface area contributed by atoms with E-state index in [0.717, 1.165) is 43.1 Å². The molecule has 0 spiro atoms. The van der Waals surface area contributed by atoms with Gasteiger partial charge in [-0.1, -0.05) is 51.1 Å². The lowest BCUT2D eigenvalue weighted by atomic mass is 10.1. The van der Waals surface area contributed by atoms with Crippen molar-refractivity contribution in [1.29, 1.82) is 0 Å². The Morgan fingerprint density at radius 2 is 1.90 bits per heavy atom. The van der Waals surface area contributed by atoms with Crippen molar-refractivity contribution in [3.05, 3.63) is 42.0 Å². The molecule has 0 bridgehead atoms. The molecule has 0 aliphatic heterocycles. The minimum absolute atomic E-state index is 0.310. The monoisotopic (exact) mass is 450 g/mol. The predicted molar refractivity (Wildman–Crippen MR) is 130 cm³/mol. The van der Waals surface area contributed by atoms with Crippen LogP contribution in [0.15, 0.2) is 36.4 Å². The first kappa shape index (κ1) is 27.1. The van der Waals surface area contributed by atoms with Crippen LogP contribution in [-0.2, 0) is 9.47 Å². The number of hydrogen-bond donors (Lipinski definition) is 2. The van der Waals surface area contributed by atoms with Crippen molar-refractivity contribution in [3.63, 3.8) is 0 Å². The van der Waals surface area contributed by atoms with Crippen molar-refractivity contribution < 1.29 is 19.4 Å². The van der Waals surface area contributed by atoms with Crippen LogP contribution in [0.4, 0.5) is 5.00 Å². The molecular weight excluding hydrogens is 412 g/mol. The Morgan fingerprint density at radius 3 is 2.52 bits per heavy atom. The molecule has 1 atom stereocenters. The number of carbonyl (C=O) groups is 1. The van der Waals surface area contributed by atoms with Crippen LogP contribution in [0.5, 0.6) is 0 Å². The Kier molecular flexibility index (Phi) is 13.8. The van der Waals surface area contributed by atoms with E-state index in [0.29, 0.717) is 23.6 Å². The minimum Gasteiger partial charge on any atom is -0.462 e. The number of methoxy groups -OCH3 is 1. The second-order valence-corrected chi connectivity index (χ2v) is 7.72. The summed E-state index contributed by atoms with van der Waals surface area (Å²) in [6.45, 7) is 11.6. The van der Waals surface area contributed by atoms with E-state index in [1.807, 2.05) is 50.2 Å². The third-order valence-electron chi connectivity index (χ3n) is 4.57. The number of aliphatic hydroxyl groups is 1. The minimum atomic E-state index is -0.748. The lowest BCUT2D eigenvalue weighted by molar-refractivity contribution is 0.0528. The number of nitrogens with zero attached hydrogens (tertiary/aromatic N) is 1. The summed E-state index contributed by atoms with van der Waals surface area (Å²) in [4.78, 5) is 15.6. The number of anilines is 1. The number of hydrogen-bond acceptors (Lipinski definition) is 7. The summed E-state index contributed by atoms with van der Waals surface area (Å²) in [6.07, 6.45) is 0.773. The van der Waals surface area contributed by atoms with Crippen molar-refractivity contribution in [2.24, 2.45) is 0 Å². The summed E-state index contributed by atoms with van der Waals surface area (Å²) < 4.78 is 10.3. The molecule has 174 valence electrons. The Labute approximate surface area is 191 Å². The molecule has 0 aliphatic rings. The van der Waals surface area contributed by atoms with Crippen molar-refractivity contribution in [1.82, 2.24) is 4.90 Å². The lowest BCUT2D eigenvalue weighted by Gasteiger charge is -2.22. The van der Waals surface area contributed by atoms with Gasteiger partial charge in [0.15, 0.2) is 0 Å². The molecule has 2 N–H and O–H groups in total. The average molecular weight is 451 g/mol. The zero-order valence-electron chi connectivity index (χ0n) is 19.5. The Morgan fingerprint density at radius 1 is 1.19 bits per heavy atom. The van der Waals surface area contributed by atoms with E-state index in [-0.39, 0.29) is 5.97 Å². The molecule has 31 heavy (non-hydrogen) atoms. The van der Waals surface area contributed by atoms with E-state index in [9.17, 15) is 9.90 Å². The number of rotatable bonds is 13. The van der Waals surface area contributed by atoms with Crippen LogP contribution in [0.3, 0.4) is 0 Å². The van der Waals surface area contributed by atoms with Gasteiger partial charge in [-0.05, 0) is 31.5 Å². The Bertz CT molecular complexity index is 736. The maximum atomic E-state index is 12.4. The third kappa shape index (κ3) is 9.39. The first-order valence-corrected chi connectivity index (χ1v) is 11.9. The van der Waals surface area contributed by atoms with E-state index >= 15 is 0 Å². The van der Waals surface area contributed by atoms with Gasteiger partial charge >= 0.3 is 5.97 Å². The van der Waals surface area contributed by atoms with Crippen molar-refractivity contribution in [3.8, 4) is 10.4 Å². The number of esters is 1. The van der Waals surface area contributed by atoms with Gasteiger partial charge in [0.25, 0.3) is 0 Å². The number of carbonyl (C=O) groups excluding carboxylic acids is 1. The molecule has 0 saturated carbocycles. The van der Waals surface area contributed by atoms with Crippen molar-refractivity contribution in [2.75, 3.05) is 45.3 Å². The molecular formula is C24H38N2O4S. The van der Waals surface area contributed by atoms with Crippen molar-refractivity contribution >= 4 is 22.3 Å². The van der Waals surface area contributed by atoms with E-state index in [1.165, 1.54) is 11.3 Å². The highest BCUT2D eigenvalue weighted by Gasteiger charge is 2.20. The number of nitrogens with one attached hydrogen (secondary N) is 1. The lowest BCUT2D eigenvalue weighted by Crippen LogP contribution is -2.31. The van der Waals surface area contributed by atoms with Crippen LogP contribution in [0.2, 0.25) is 0 Å². The third-order valence-corrected chi connectivity index (χ3v) is 5.69. The van der Waals surface area contributed by atoms with Crippen LogP contribution in [-0.4, -0.2) is 62.2 Å². The molecule has 2 rings (SSSR count). The summed E-state index contributed by atoms with van der Waals surface area (Å²) in [5, 5.41) is 14.3. The normalized spacial score (nSPS) is 11.6. The van der Waals surface area contributed by atoms with Crippen LogP contribution in [0.1, 0.15) is 50.9 Å². The summed E-state index contributed by atoms with van der Waals surface area (Å²) in [5.41, 5.74) is 1.49. The molecule has 1 aromatic heterocycles. The SMILES string of the molecule is CC.CCOC(=O)c1cc(-c2ccccc2)sc1NC(O)CCN(CC)CCCOC. The Hall–Kier alpha value is -1.93. The van der Waals surface area contributed by atoms with Gasteiger partial charge in [-0.3, -0.25) is 0 Å².